The van der Waals surface area contributed by atoms with Crippen LogP contribution >= 0.6 is 0 Å². The van der Waals surface area contributed by atoms with E-state index in [9.17, 15) is 9.90 Å². The molecule has 0 saturated heterocycles. The van der Waals surface area contributed by atoms with Gasteiger partial charge in [-0.05, 0) is 17.7 Å². The van der Waals surface area contributed by atoms with Gasteiger partial charge in [0, 0.05) is 12.0 Å². The van der Waals surface area contributed by atoms with Crippen LogP contribution in [0.2, 0.25) is 0 Å². The predicted molar refractivity (Wildman–Crippen MR) is 69.9 cm³/mol. The van der Waals surface area contributed by atoms with Crippen LogP contribution in [0.4, 0.5) is 0 Å². The standard InChI is InChI=1S/C14H18O5/c1-10(2-7-13(16)17)14(18)11-3-5-12(6-4-11)19-9-8-15/h2-7,10,14-15,18H,8-9H2,1H3,(H,16,17)/b7-2+/t10-,14-/m1/s1. The molecule has 5 heteroatoms. The molecule has 19 heavy (non-hydrogen) atoms. The molecule has 1 aromatic rings. The second-order valence-corrected chi connectivity index (χ2v) is 4.14. The molecule has 0 spiro atoms. The number of aliphatic hydroxyl groups is 2. The van der Waals surface area contributed by atoms with Gasteiger partial charge in [0.15, 0.2) is 0 Å². The lowest BCUT2D eigenvalue weighted by atomic mass is 9.97. The first kappa shape index (κ1) is 15.2. The average Bonchev–Trinajstić information content (AvgIpc) is 2.42. The average molecular weight is 266 g/mol. The Balaban J connectivity index is 2.66. The highest BCUT2D eigenvalue weighted by atomic mass is 16.5. The van der Waals surface area contributed by atoms with Crippen molar-refractivity contribution in [1.29, 1.82) is 0 Å². The molecule has 0 radical (unpaired) electrons. The van der Waals surface area contributed by atoms with E-state index in [0.717, 1.165) is 6.08 Å². The van der Waals surface area contributed by atoms with E-state index in [2.05, 4.69) is 0 Å². The minimum absolute atomic E-state index is 0.0542. The zero-order valence-corrected chi connectivity index (χ0v) is 10.7. The summed E-state index contributed by atoms with van der Waals surface area (Å²) in [4.78, 5) is 10.4. The van der Waals surface area contributed by atoms with Gasteiger partial charge in [-0.2, -0.15) is 0 Å². The Morgan fingerprint density at radius 3 is 2.53 bits per heavy atom. The molecule has 1 rings (SSSR count). The first-order valence-corrected chi connectivity index (χ1v) is 5.97. The Kier molecular flexibility index (Phi) is 6.05. The van der Waals surface area contributed by atoms with Gasteiger partial charge in [-0.25, -0.2) is 4.79 Å². The van der Waals surface area contributed by atoms with Gasteiger partial charge in [0.25, 0.3) is 0 Å². The molecule has 0 fully saturated rings. The molecule has 0 amide bonds. The van der Waals surface area contributed by atoms with Gasteiger partial charge in [-0.1, -0.05) is 25.1 Å². The van der Waals surface area contributed by atoms with Gasteiger partial charge < -0.3 is 20.1 Å². The Labute approximate surface area is 111 Å². The monoisotopic (exact) mass is 266 g/mol. The first-order chi connectivity index (χ1) is 9.04. The second-order valence-electron chi connectivity index (χ2n) is 4.14. The van der Waals surface area contributed by atoms with E-state index in [1.807, 2.05) is 0 Å². The van der Waals surface area contributed by atoms with E-state index in [-0.39, 0.29) is 19.1 Å². The Morgan fingerprint density at radius 1 is 1.37 bits per heavy atom. The maximum Gasteiger partial charge on any atom is 0.327 e. The number of carboxylic acid groups (broad SMARTS) is 1. The Morgan fingerprint density at radius 2 is 2.00 bits per heavy atom. The third kappa shape index (κ3) is 5.11. The lowest BCUT2D eigenvalue weighted by Crippen LogP contribution is -2.07. The molecule has 0 aromatic heterocycles. The number of hydrogen-bond donors (Lipinski definition) is 3. The fraction of sp³-hybridized carbons (Fsp3) is 0.357. The molecule has 3 N–H and O–H groups in total. The van der Waals surface area contributed by atoms with Crippen molar-refractivity contribution < 1.29 is 24.9 Å². The fourth-order valence-corrected chi connectivity index (χ4v) is 1.57. The lowest BCUT2D eigenvalue weighted by Gasteiger charge is -2.16. The molecule has 1 aromatic carbocycles. The Bertz CT molecular complexity index is 424. The molecule has 5 nitrogen and oxygen atoms in total. The van der Waals surface area contributed by atoms with E-state index >= 15 is 0 Å². The topological polar surface area (TPSA) is 87.0 Å². The van der Waals surface area contributed by atoms with E-state index < -0.39 is 12.1 Å². The van der Waals surface area contributed by atoms with Gasteiger partial charge >= 0.3 is 5.97 Å². The second kappa shape index (κ2) is 7.56. The van der Waals surface area contributed by atoms with Crippen molar-refractivity contribution in [2.45, 2.75) is 13.0 Å². The molecule has 0 aliphatic carbocycles. The quantitative estimate of drug-likeness (QED) is 0.649. The molecule has 2 atom stereocenters. The number of hydrogen-bond acceptors (Lipinski definition) is 4. The number of benzene rings is 1. The number of aliphatic hydroxyl groups excluding tert-OH is 2. The van der Waals surface area contributed by atoms with Crippen LogP contribution < -0.4 is 4.74 Å². The van der Waals surface area contributed by atoms with Crippen molar-refractivity contribution in [3.05, 3.63) is 42.0 Å². The maximum absolute atomic E-state index is 10.4. The van der Waals surface area contributed by atoms with Crippen molar-refractivity contribution in [2.24, 2.45) is 5.92 Å². The summed E-state index contributed by atoms with van der Waals surface area (Å²) in [5.41, 5.74) is 0.680. The number of carbonyl (C=O) groups is 1. The van der Waals surface area contributed by atoms with Crippen LogP contribution in [-0.4, -0.2) is 34.5 Å². The van der Waals surface area contributed by atoms with Crippen LogP contribution in [0, 0.1) is 5.92 Å². The Hall–Kier alpha value is -1.85. The van der Waals surface area contributed by atoms with Crippen LogP contribution in [0.5, 0.6) is 5.75 Å². The molecular formula is C14H18O5. The number of aliphatic carboxylic acids is 1. The van der Waals surface area contributed by atoms with E-state index in [1.165, 1.54) is 6.08 Å². The molecule has 0 heterocycles. The summed E-state index contributed by atoms with van der Waals surface area (Å²) < 4.78 is 5.21. The summed E-state index contributed by atoms with van der Waals surface area (Å²) in [7, 11) is 0. The van der Waals surface area contributed by atoms with Crippen molar-refractivity contribution >= 4 is 5.97 Å². The molecule has 0 unspecified atom stereocenters. The van der Waals surface area contributed by atoms with Crippen molar-refractivity contribution in [3.8, 4) is 5.75 Å². The largest absolute Gasteiger partial charge is 0.491 e. The first-order valence-electron chi connectivity index (χ1n) is 5.97. The van der Waals surface area contributed by atoms with Gasteiger partial charge in [0.1, 0.15) is 12.4 Å². The minimum atomic E-state index is -1.04. The molecule has 0 bridgehead atoms. The SMILES string of the molecule is C[C@H](/C=C/C(=O)O)[C@@H](O)c1ccc(OCCO)cc1. The van der Waals surface area contributed by atoms with Crippen LogP contribution in [-0.2, 0) is 4.79 Å². The smallest absolute Gasteiger partial charge is 0.327 e. The van der Waals surface area contributed by atoms with Gasteiger partial charge in [0.2, 0.25) is 0 Å². The van der Waals surface area contributed by atoms with Gasteiger partial charge in [-0.3, -0.25) is 0 Å². The highest BCUT2D eigenvalue weighted by Crippen LogP contribution is 2.24. The summed E-state index contributed by atoms with van der Waals surface area (Å²) in [6.45, 7) is 1.90. The minimum Gasteiger partial charge on any atom is -0.491 e. The number of rotatable bonds is 7. The summed E-state index contributed by atoms with van der Waals surface area (Å²) in [6, 6.07) is 6.81. The molecule has 0 aliphatic rings. The highest BCUT2D eigenvalue weighted by molar-refractivity contribution is 5.79. The summed E-state index contributed by atoms with van der Waals surface area (Å²) in [5.74, 6) is -0.731. The summed E-state index contributed by atoms with van der Waals surface area (Å²) in [5, 5.41) is 27.2. The molecule has 0 aliphatic heterocycles. The lowest BCUT2D eigenvalue weighted by molar-refractivity contribution is -0.131. The number of ether oxygens (including phenoxy) is 1. The van der Waals surface area contributed by atoms with Crippen LogP contribution in [0.15, 0.2) is 36.4 Å². The normalized spacial score (nSPS) is 14.3. The third-order valence-electron chi connectivity index (χ3n) is 2.62. The van der Waals surface area contributed by atoms with Crippen molar-refractivity contribution in [2.75, 3.05) is 13.2 Å². The van der Waals surface area contributed by atoms with Crippen LogP contribution in [0.3, 0.4) is 0 Å². The van der Waals surface area contributed by atoms with E-state index in [0.29, 0.717) is 11.3 Å². The summed E-state index contributed by atoms with van der Waals surface area (Å²) in [6.07, 6.45) is 1.69. The van der Waals surface area contributed by atoms with Crippen LogP contribution in [0.25, 0.3) is 0 Å². The summed E-state index contributed by atoms with van der Waals surface area (Å²) >= 11 is 0. The molecule has 0 saturated carbocycles. The van der Waals surface area contributed by atoms with Gasteiger partial charge in [0.05, 0.1) is 12.7 Å². The zero-order chi connectivity index (χ0) is 14.3. The van der Waals surface area contributed by atoms with E-state index in [1.54, 1.807) is 31.2 Å². The highest BCUT2D eigenvalue weighted by Gasteiger charge is 2.14. The maximum atomic E-state index is 10.4. The van der Waals surface area contributed by atoms with E-state index in [4.69, 9.17) is 14.9 Å². The van der Waals surface area contributed by atoms with Crippen molar-refractivity contribution in [1.82, 2.24) is 0 Å². The third-order valence-corrected chi connectivity index (χ3v) is 2.62. The van der Waals surface area contributed by atoms with Crippen molar-refractivity contribution in [3.63, 3.8) is 0 Å². The predicted octanol–water partition coefficient (Wildman–Crippen LogP) is 1.37. The fourth-order valence-electron chi connectivity index (χ4n) is 1.57. The van der Waals surface area contributed by atoms with Gasteiger partial charge in [-0.15, -0.1) is 0 Å². The zero-order valence-electron chi connectivity index (χ0n) is 10.7. The molecular weight excluding hydrogens is 248 g/mol. The number of carboxylic acids is 1. The van der Waals surface area contributed by atoms with Crippen LogP contribution in [0.1, 0.15) is 18.6 Å². The molecule has 104 valence electrons.